The van der Waals surface area contributed by atoms with Gasteiger partial charge in [0, 0.05) is 0 Å². The Kier molecular flexibility index (Phi) is 7.55. The summed E-state index contributed by atoms with van der Waals surface area (Å²) in [6.45, 7) is 8.69. The molecule has 0 amide bonds. The summed E-state index contributed by atoms with van der Waals surface area (Å²) in [5.74, 6) is 0.829. The van der Waals surface area contributed by atoms with Crippen LogP contribution in [-0.2, 0) is 24.0 Å². The summed E-state index contributed by atoms with van der Waals surface area (Å²) >= 11 is 0. The van der Waals surface area contributed by atoms with Gasteiger partial charge in [0.25, 0.3) is 0 Å². The fourth-order valence-electron chi connectivity index (χ4n) is 2.43. The lowest BCUT2D eigenvalue weighted by atomic mass is 9.96. The van der Waals surface area contributed by atoms with Crippen LogP contribution in [0.2, 0.25) is 0 Å². The average Bonchev–Trinajstić information content (AvgIpc) is 2.47. The molecule has 1 aromatic rings. The zero-order valence-corrected chi connectivity index (χ0v) is 13.5. The fraction of sp³-hybridized carbons (Fsp3) is 0.368. The van der Waals surface area contributed by atoms with Gasteiger partial charge in [-0.1, -0.05) is 43.4 Å². The summed E-state index contributed by atoms with van der Waals surface area (Å²) in [6.07, 6.45) is 8.57. The maximum absolute atomic E-state index is 5.71. The van der Waals surface area contributed by atoms with Crippen LogP contribution in [0.3, 0.4) is 0 Å². The highest BCUT2D eigenvalue weighted by molar-refractivity contribution is 5.35. The smallest absolute Gasteiger partial charge is 0.118 e. The molecule has 2 heteroatoms. The van der Waals surface area contributed by atoms with Gasteiger partial charge >= 0.3 is 0 Å². The molecule has 0 aliphatic heterocycles. The van der Waals surface area contributed by atoms with Gasteiger partial charge < -0.3 is 10.5 Å². The first kappa shape index (κ1) is 17.3. The minimum absolute atomic E-state index is 0.696. The monoisotopic (exact) mass is 285 g/mol. The minimum atomic E-state index is 0.696. The lowest BCUT2D eigenvalue weighted by Crippen LogP contribution is -2.06. The average molecular weight is 285 g/mol. The molecule has 114 valence electrons. The SMILES string of the molecule is C=C/C=C(\C=C(/C)Cc1ccc(CC)c(CCN)c1)OC. The Balaban J connectivity index is 2.92. The summed E-state index contributed by atoms with van der Waals surface area (Å²) in [6, 6.07) is 6.72. The van der Waals surface area contributed by atoms with Gasteiger partial charge in [0.05, 0.1) is 7.11 Å². The molecule has 0 saturated carbocycles. The van der Waals surface area contributed by atoms with Gasteiger partial charge in [-0.05, 0) is 61.6 Å². The summed E-state index contributed by atoms with van der Waals surface area (Å²) in [5.41, 5.74) is 11.1. The Morgan fingerprint density at radius 2 is 2.10 bits per heavy atom. The van der Waals surface area contributed by atoms with E-state index in [1.54, 1.807) is 13.2 Å². The molecule has 0 fully saturated rings. The van der Waals surface area contributed by atoms with E-state index in [0.717, 1.165) is 25.0 Å². The van der Waals surface area contributed by atoms with Crippen molar-refractivity contribution in [1.29, 1.82) is 0 Å². The third-order valence-electron chi connectivity index (χ3n) is 3.45. The van der Waals surface area contributed by atoms with Crippen molar-refractivity contribution in [3.05, 3.63) is 71.0 Å². The highest BCUT2D eigenvalue weighted by Gasteiger charge is 2.03. The molecular formula is C19H27NO. The topological polar surface area (TPSA) is 35.2 Å². The van der Waals surface area contributed by atoms with Crippen molar-refractivity contribution in [3.63, 3.8) is 0 Å². The molecule has 0 bridgehead atoms. The summed E-state index contributed by atoms with van der Waals surface area (Å²) in [5, 5.41) is 0. The highest BCUT2D eigenvalue weighted by Crippen LogP contribution is 2.17. The Hall–Kier alpha value is -1.80. The number of nitrogens with two attached hydrogens (primary N) is 1. The van der Waals surface area contributed by atoms with E-state index in [-0.39, 0.29) is 0 Å². The minimum Gasteiger partial charge on any atom is -0.497 e. The van der Waals surface area contributed by atoms with Gasteiger partial charge in [0.2, 0.25) is 0 Å². The quantitative estimate of drug-likeness (QED) is 0.579. The molecule has 1 rings (SSSR count). The molecule has 0 aliphatic rings. The first-order valence-electron chi connectivity index (χ1n) is 7.49. The maximum Gasteiger partial charge on any atom is 0.118 e. The van der Waals surface area contributed by atoms with E-state index in [4.69, 9.17) is 10.5 Å². The van der Waals surface area contributed by atoms with Crippen molar-refractivity contribution in [3.8, 4) is 0 Å². The van der Waals surface area contributed by atoms with Crippen LogP contribution in [0.5, 0.6) is 0 Å². The zero-order valence-electron chi connectivity index (χ0n) is 13.5. The van der Waals surface area contributed by atoms with E-state index in [9.17, 15) is 0 Å². The molecule has 0 aliphatic carbocycles. The van der Waals surface area contributed by atoms with Gasteiger partial charge in [0.15, 0.2) is 0 Å². The van der Waals surface area contributed by atoms with Crippen molar-refractivity contribution in [2.24, 2.45) is 5.73 Å². The fourth-order valence-corrected chi connectivity index (χ4v) is 2.43. The number of allylic oxidation sites excluding steroid dienone is 4. The van der Waals surface area contributed by atoms with Gasteiger partial charge in [0.1, 0.15) is 5.76 Å². The predicted molar refractivity (Wildman–Crippen MR) is 91.3 cm³/mol. The summed E-state index contributed by atoms with van der Waals surface area (Å²) in [4.78, 5) is 0. The van der Waals surface area contributed by atoms with Crippen molar-refractivity contribution < 1.29 is 4.74 Å². The van der Waals surface area contributed by atoms with Gasteiger partial charge in [-0.2, -0.15) is 0 Å². The largest absolute Gasteiger partial charge is 0.497 e. The molecule has 0 heterocycles. The first-order valence-corrected chi connectivity index (χ1v) is 7.49. The number of ether oxygens (including phenoxy) is 1. The van der Waals surface area contributed by atoms with Crippen LogP contribution in [0.25, 0.3) is 0 Å². The van der Waals surface area contributed by atoms with Gasteiger partial charge in [-0.25, -0.2) is 0 Å². The van der Waals surface area contributed by atoms with Crippen LogP contribution in [0.1, 0.15) is 30.5 Å². The number of hydrogen-bond donors (Lipinski definition) is 1. The molecule has 1 aromatic carbocycles. The Morgan fingerprint density at radius 3 is 2.67 bits per heavy atom. The van der Waals surface area contributed by atoms with Crippen molar-refractivity contribution in [2.75, 3.05) is 13.7 Å². The Bertz CT molecular complexity index is 526. The molecule has 0 radical (unpaired) electrons. The number of hydrogen-bond acceptors (Lipinski definition) is 2. The van der Waals surface area contributed by atoms with Crippen molar-refractivity contribution in [1.82, 2.24) is 0 Å². The molecule has 0 spiro atoms. The number of rotatable bonds is 8. The third-order valence-corrected chi connectivity index (χ3v) is 3.45. The lowest BCUT2D eigenvalue weighted by Gasteiger charge is -2.10. The second kappa shape index (κ2) is 9.19. The molecular weight excluding hydrogens is 258 g/mol. The number of benzene rings is 1. The number of methoxy groups -OCH3 is 1. The molecule has 2 nitrogen and oxygen atoms in total. The second-order valence-electron chi connectivity index (χ2n) is 5.17. The van der Waals surface area contributed by atoms with Crippen LogP contribution >= 0.6 is 0 Å². The normalized spacial score (nSPS) is 12.4. The Morgan fingerprint density at radius 1 is 1.33 bits per heavy atom. The lowest BCUT2D eigenvalue weighted by molar-refractivity contribution is 0.306. The number of aryl methyl sites for hydroxylation is 1. The highest BCUT2D eigenvalue weighted by atomic mass is 16.5. The van der Waals surface area contributed by atoms with Crippen LogP contribution in [0.4, 0.5) is 0 Å². The van der Waals surface area contributed by atoms with E-state index < -0.39 is 0 Å². The van der Waals surface area contributed by atoms with Crippen LogP contribution in [0.15, 0.2) is 54.3 Å². The van der Waals surface area contributed by atoms with Gasteiger partial charge in [-0.15, -0.1) is 0 Å². The Labute approximate surface area is 129 Å². The van der Waals surface area contributed by atoms with Crippen LogP contribution in [0, 0.1) is 0 Å². The van der Waals surface area contributed by atoms with Gasteiger partial charge in [-0.3, -0.25) is 0 Å². The van der Waals surface area contributed by atoms with E-state index in [2.05, 4.69) is 44.7 Å². The maximum atomic E-state index is 5.71. The molecule has 0 unspecified atom stereocenters. The standard InChI is InChI=1S/C19H27NO/c1-5-7-19(21-4)13-15(3)12-16-8-9-17(6-2)18(14-16)10-11-20/h5,7-9,13-14H,1,6,10-12,20H2,2-4H3/b15-13+,19-7+. The van der Waals surface area contributed by atoms with E-state index in [1.165, 1.54) is 22.3 Å². The summed E-state index contributed by atoms with van der Waals surface area (Å²) < 4.78 is 5.29. The first-order chi connectivity index (χ1) is 10.1. The molecule has 21 heavy (non-hydrogen) atoms. The molecule has 0 aromatic heterocycles. The molecule has 2 N–H and O–H groups in total. The van der Waals surface area contributed by atoms with E-state index in [0.29, 0.717) is 6.54 Å². The second-order valence-corrected chi connectivity index (χ2v) is 5.17. The predicted octanol–water partition coefficient (Wildman–Crippen LogP) is 3.96. The van der Waals surface area contributed by atoms with Crippen LogP contribution in [-0.4, -0.2) is 13.7 Å². The molecule has 0 saturated heterocycles. The third kappa shape index (κ3) is 5.60. The molecule has 0 atom stereocenters. The van der Waals surface area contributed by atoms with Crippen molar-refractivity contribution in [2.45, 2.75) is 33.1 Å². The van der Waals surface area contributed by atoms with E-state index in [1.807, 2.05) is 6.08 Å². The van der Waals surface area contributed by atoms with E-state index >= 15 is 0 Å². The zero-order chi connectivity index (χ0) is 15.7. The van der Waals surface area contributed by atoms with Crippen molar-refractivity contribution >= 4 is 0 Å². The van der Waals surface area contributed by atoms with Crippen LogP contribution < -0.4 is 5.73 Å². The summed E-state index contributed by atoms with van der Waals surface area (Å²) in [7, 11) is 1.68.